The summed E-state index contributed by atoms with van der Waals surface area (Å²) in [5.41, 5.74) is -0.104. The van der Waals surface area contributed by atoms with Gasteiger partial charge in [-0.05, 0) is 36.7 Å². The minimum atomic E-state index is -1.67. The number of methoxy groups -OCH3 is 1. The van der Waals surface area contributed by atoms with Gasteiger partial charge < -0.3 is 14.9 Å². The predicted octanol–water partition coefficient (Wildman–Crippen LogP) is 2.77. The molecule has 0 aliphatic heterocycles. The van der Waals surface area contributed by atoms with Crippen molar-refractivity contribution in [2.75, 3.05) is 13.3 Å². The number of carboxylic acids is 1. The molecule has 0 radical (unpaired) electrons. The van der Waals surface area contributed by atoms with E-state index in [1.807, 2.05) is 6.92 Å². The van der Waals surface area contributed by atoms with E-state index in [4.69, 9.17) is 9.84 Å². The van der Waals surface area contributed by atoms with Gasteiger partial charge in [-0.25, -0.2) is 4.79 Å². The molecule has 0 heterocycles. The lowest BCUT2D eigenvalue weighted by atomic mass is 10.0. The molecule has 0 spiro atoms. The molecule has 0 amide bonds. The van der Waals surface area contributed by atoms with Crippen molar-refractivity contribution in [1.82, 2.24) is 0 Å². The summed E-state index contributed by atoms with van der Waals surface area (Å²) in [6, 6.07) is 6.99. The highest BCUT2D eigenvalue weighted by Crippen LogP contribution is 2.24. The van der Waals surface area contributed by atoms with Crippen molar-refractivity contribution in [2.24, 2.45) is 0 Å². The van der Waals surface area contributed by atoms with Crippen molar-refractivity contribution in [1.29, 1.82) is 0 Å². The molecule has 0 saturated carbocycles. The summed E-state index contributed by atoms with van der Waals surface area (Å²) < 4.78 is 5.24. The van der Waals surface area contributed by atoms with E-state index < -0.39 is 19.6 Å². The lowest BCUT2D eigenvalue weighted by Gasteiger charge is -2.30. The molecule has 1 aromatic rings. The van der Waals surface area contributed by atoms with Gasteiger partial charge >= 0.3 is 5.97 Å². The first-order chi connectivity index (χ1) is 10.2. The molecule has 0 fully saturated rings. The van der Waals surface area contributed by atoms with Crippen LogP contribution in [0.4, 0.5) is 0 Å². The van der Waals surface area contributed by atoms with Crippen LogP contribution in [0.3, 0.4) is 0 Å². The highest BCUT2D eigenvalue weighted by Gasteiger charge is 2.33. The van der Waals surface area contributed by atoms with Crippen molar-refractivity contribution < 1.29 is 19.7 Å². The van der Waals surface area contributed by atoms with Crippen LogP contribution in [0.15, 0.2) is 24.3 Å². The average Bonchev–Trinajstić information content (AvgIpc) is 2.45. The normalized spacial score (nSPS) is 13.9. The van der Waals surface area contributed by atoms with Gasteiger partial charge in [0, 0.05) is 18.9 Å². The van der Waals surface area contributed by atoms with Gasteiger partial charge in [-0.2, -0.15) is 0 Å². The number of rotatable bonds is 6. The molecule has 4 nitrogen and oxygen atoms in total. The van der Waals surface area contributed by atoms with Gasteiger partial charge in [-0.15, -0.1) is 0 Å². The number of carboxylic acid groups (broad SMARTS) is 1. The molecular weight excluding hydrogens is 296 g/mol. The van der Waals surface area contributed by atoms with E-state index in [0.717, 1.165) is 0 Å². The number of hydrogen-bond donors (Lipinski definition) is 2. The summed E-state index contributed by atoms with van der Waals surface area (Å²) in [7, 11) is 0.00185. The molecule has 0 unspecified atom stereocenters. The van der Waals surface area contributed by atoms with Crippen molar-refractivity contribution in [3.63, 3.8) is 0 Å². The average molecular weight is 320 g/mol. The maximum Gasteiger partial charge on any atom is 0.335 e. The summed E-state index contributed by atoms with van der Waals surface area (Å²) in [5, 5.41) is 19.6. The van der Waals surface area contributed by atoms with Crippen LogP contribution in [0.2, 0.25) is 19.1 Å². The zero-order valence-corrected chi connectivity index (χ0v) is 14.6. The van der Waals surface area contributed by atoms with Crippen molar-refractivity contribution in [3.8, 4) is 11.8 Å². The maximum absolute atomic E-state index is 10.8. The topological polar surface area (TPSA) is 66.8 Å². The van der Waals surface area contributed by atoms with E-state index in [-0.39, 0.29) is 5.56 Å². The fraction of sp³-hybridized carbons (Fsp3) is 0.471. The minimum Gasteiger partial charge on any atom is -0.478 e. The molecule has 120 valence electrons. The summed E-state index contributed by atoms with van der Waals surface area (Å²) in [5.74, 6) is 4.96. The van der Waals surface area contributed by atoms with Crippen LogP contribution in [0.1, 0.15) is 29.3 Å². The zero-order chi connectivity index (χ0) is 16.8. The first kappa shape index (κ1) is 18.4. The number of carbonyl (C=O) groups is 1. The fourth-order valence-electron chi connectivity index (χ4n) is 2.38. The van der Waals surface area contributed by atoms with Gasteiger partial charge in [-0.3, -0.25) is 0 Å². The molecule has 22 heavy (non-hydrogen) atoms. The van der Waals surface area contributed by atoms with E-state index in [1.54, 1.807) is 19.2 Å². The molecular formula is C17H24O4Si. The number of ether oxygens (including phenoxy) is 1. The van der Waals surface area contributed by atoms with E-state index >= 15 is 0 Å². The van der Waals surface area contributed by atoms with E-state index in [0.29, 0.717) is 24.3 Å². The number of aliphatic hydroxyl groups is 1. The second-order valence-corrected chi connectivity index (χ2v) is 11.3. The molecule has 1 aromatic carbocycles. The molecule has 5 heteroatoms. The van der Waals surface area contributed by atoms with Crippen LogP contribution in [0, 0.1) is 11.8 Å². The van der Waals surface area contributed by atoms with Gasteiger partial charge in [0.05, 0.1) is 13.6 Å². The third-order valence-corrected chi connectivity index (χ3v) is 6.07. The monoisotopic (exact) mass is 320 g/mol. The van der Waals surface area contributed by atoms with Crippen LogP contribution in [-0.2, 0) is 4.74 Å². The fourth-order valence-corrected chi connectivity index (χ4v) is 5.18. The SMILES string of the molecule is CC[C@](O)(C#Cc1ccc(C(=O)O)cc1)C[Si](C)(C)COC. The Labute approximate surface area is 133 Å². The molecule has 0 bridgehead atoms. The van der Waals surface area contributed by atoms with Crippen LogP contribution in [-0.4, -0.2) is 43.2 Å². The van der Waals surface area contributed by atoms with Gasteiger partial charge in [0.15, 0.2) is 0 Å². The van der Waals surface area contributed by atoms with Gasteiger partial charge in [0.25, 0.3) is 0 Å². The van der Waals surface area contributed by atoms with E-state index in [2.05, 4.69) is 24.9 Å². The summed E-state index contributed by atoms with van der Waals surface area (Å²) >= 11 is 0. The summed E-state index contributed by atoms with van der Waals surface area (Å²) in [6.07, 6.45) is 1.23. The quantitative estimate of drug-likeness (QED) is 0.625. The minimum absolute atomic E-state index is 0.227. The van der Waals surface area contributed by atoms with Crippen molar-refractivity contribution >= 4 is 14.0 Å². The lowest BCUT2D eigenvalue weighted by Crippen LogP contribution is -2.42. The highest BCUT2D eigenvalue weighted by molar-refractivity contribution is 6.77. The Kier molecular flexibility index (Phi) is 6.36. The van der Waals surface area contributed by atoms with Gasteiger partial charge in [-0.1, -0.05) is 31.9 Å². The van der Waals surface area contributed by atoms with Crippen LogP contribution in [0.25, 0.3) is 0 Å². The molecule has 0 aliphatic carbocycles. The largest absolute Gasteiger partial charge is 0.478 e. The lowest BCUT2D eigenvalue weighted by molar-refractivity contribution is 0.0696. The Bertz CT molecular complexity index is 569. The van der Waals surface area contributed by atoms with Crippen LogP contribution < -0.4 is 0 Å². The van der Waals surface area contributed by atoms with Crippen molar-refractivity contribution in [2.45, 2.75) is 38.1 Å². The van der Waals surface area contributed by atoms with Crippen LogP contribution >= 0.6 is 0 Å². The summed E-state index contributed by atoms with van der Waals surface area (Å²) in [6.45, 7) is 6.25. The third kappa shape index (κ3) is 5.64. The molecule has 0 saturated heterocycles. The Hall–Kier alpha value is -1.61. The maximum atomic E-state index is 10.8. The van der Waals surface area contributed by atoms with Gasteiger partial charge in [0.2, 0.25) is 0 Å². The molecule has 1 atom stereocenters. The highest BCUT2D eigenvalue weighted by atomic mass is 28.3. The first-order valence-electron chi connectivity index (χ1n) is 7.29. The van der Waals surface area contributed by atoms with Gasteiger partial charge in [0.1, 0.15) is 5.60 Å². The standard InChI is InChI=1S/C17H24O4Si/c1-5-17(20,12-22(3,4)13-21-2)11-10-14-6-8-15(9-7-14)16(18)19/h6-9,20H,5,12-13H2,1-4H3,(H,18,19)/t17-/m0/s1. The van der Waals surface area contributed by atoms with E-state index in [1.165, 1.54) is 12.1 Å². The third-order valence-electron chi connectivity index (χ3n) is 3.46. The number of benzene rings is 1. The number of hydrogen-bond acceptors (Lipinski definition) is 3. The Morgan fingerprint density at radius 2 is 1.91 bits per heavy atom. The first-order valence-corrected chi connectivity index (χ1v) is 10.7. The number of aromatic carboxylic acids is 1. The summed E-state index contributed by atoms with van der Waals surface area (Å²) in [4.78, 5) is 10.8. The Morgan fingerprint density at radius 3 is 2.36 bits per heavy atom. The molecule has 1 rings (SSSR count). The van der Waals surface area contributed by atoms with Crippen molar-refractivity contribution in [3.05, 3.63) is 35.4 Å². The zero-order valence-electron chi connectivity index (χ0n) is 13.6. The Balaban J connectivity index is 2.91. The van der Waals surface area contributed by atoms with Crippen LogP contribution in [0.5, 0.6) is 0 Å². The Morgan fingerprint density at radius 1 is 1.32 bits per heavy atom. The second kappa shape index (κ2) is 7.59. The molecule has 2 N–H and O–H groups in total. The molecule has 0 aromatic heterocycles. The van der Waals surface area contributed by atoms with E-state index in [9.17, 15) is 9.90 Å². The predicted molar refractivity (Wildman–Crippen MR) is 89.7 cm³/mol. The smallest absolute Gasteiger partial charge is 0.335 e. The second-order valence-electron chi connectivity index (χ2n) is 6.29. The molecule has 0 aliphatic rings.